The average Bonchev–Trinajstić information content (AvgIpc) is 3.20. The number of nitrogens with zero attached hydrogens (tertiary/aromatic N) is 6. The second-order valence-electron chi connectivity index (χ2n) is 6.02. The third kappa shape index (κ3) is 4.01. The largest absolute Gasteiger partial charge is 0.368 e. The van der Waals surface area contributed by atoms with Crippen LogP contribution < -0.4 is 15.5 Å². The number of anilines is 3. The van der Waals surface area contributed by atoms with Gasteiger partial charge in [-0.05, 0) is 6.07 Å². The second kappa shape index (κ2) is 7.38. The number of nitrogens with one attached hydrogen (secondary N) is 2. The zero-order valence-corrected chi connectivity index (χ0v) is 14.6. The molecule has 3 N–H and O–H groups in total. The van der Waals surface area contributed by atoms with Crippen molar-refractivity contribution in [3.63, 3.8) is 0 Å². The summed E-state index contributed by atoms with van der Waals surface area (Å²) in [4.78, 5) is 32.7. The van der Waals surface area contributed by atoms with E-state index >= 15 is 0 Å². The van der Waals surface area contributed by atoms with E-state index in [2.05, 4.69) is 25.7 Å². The zero-order chi connectivity index (χ0) is 19.4. The predicted octanol–water partition coefficient (Wildman–Crippen LogP) is -0.456. The molecule has 2 aromatic heterocycles. The molecule has 11 heteroatoms. The molecule has 3 rings (SSSR count). The molecule has 0 spiro atoms. The quantitative estimate of drug-likeness (QED) is 0.579. The Bertz CT molecular complexity index is 905. The fourth-order valence-corrected chi connectivity index (χ4v) is 2.61. The molecule has 1 saturated heterocycles. The summed E-state index contributed by atoms with van der Waals surface area (Å²) in [5.74, 6) is -0.262. The second-order valence-corrected chi connectivity index (χ2v) is 6.02. The molecule has 2 aromatic rings. The molecule has 0 aliphatic carbocycles. The molecule has 0 unspecified atom stereocenters. The van der Waals surface area contributed by atoms with Crippen LogP contribution >= 0.6 is 0 Å². The lowest BCUT2D eigenvalue weighted by atomic mass is 10.1. The van der Waals surface area contributed by atoms with Crippen LogP contribution in [0.25, 0.3) is 0 Å². The first-order valence-electron chi connectivity index (χ1n) is 8.24. The van der Waals surface area contributed by atoms with Crippen LogP contribution in [0, 0.1) is 11.3 Å². The molecule has 27 heavy (non-hydrogen) atoms. The Kier molecular flexibility index (Phi) is 5.00. The maximum Gasteiger partial charge on any atom is 0.275 e. The summed E-state index contributed by atoms with van der Waals surface area (Å²) in [5, 5.41) is 28.8. The van der Waals surface area contributed by atoms with Crippen molar-refractivity contribution in [1.29, 1.82) is 5.26 Å². The SMILES string of the molecule is CC(=O)NCCn1cc(Nc2nccc(N3CC[C@](O)(C#N)C3=O)n2)cn1. The van der Waals surface area contributed by atoms with Crippen molar-refractivity contribution in [2.45, 2.75) is 25.5 Å². The van der Waals surface area contributed by atoms with Gasteiger partial charge in [0.2, 0.25) is 17.5 Å². The highest BCUT2D eigenvalue weighted by Crippen LogP contribution is 2.27. The van der Waals surface area contributed by atoms with Gasteiger partial charge in [-0.1, -0.05) is 0 Å². The number of hydrogen-bond donors (Lipinski definition) is 3. The molecule has 0 saturated carbocycles. The van der Waals surface area contributed by atoms with Crippen molar-refractivity contribution in [1.82, 2.24) is 25.1 Å². The van der Waals surface area contributed by atoms with E-state index in [0.717, 1.165) is 0 Å². The molecule has 2 amide bonds. The molecule has 0 aromatic carbocycles. The molecular formula is C16H18N8O3. The van der Waals surface area contributed by atoms with Crippen LogP contribution in [-0.2, 0) is 16.1 Å². The number of carbonyl (C=O) groups excluding carboxylic acids is 2. The maximum atomic E-state index is 12.2. The van der Waals surface area contributed by atoms with Gasteiger partial charge in [0.1, 0.15) is 11.9 Å². The molecule has 11 nitrogen and oxygen atoms in total. The molecule has 1 aliphatic heterocycles. The van der Waals surface area contributed by atoms with Crippen molar-refractivity contribution in [3.05, 3.63) is 24.7 Å². The summed E-state index contributed by atoms with van der Waals surface area (Å²) in [5.41, 5.74) is -1.37. The first-order chi connectivity index (χ1) is 12.9. The lowest BCUT2D eigenvalue weighted by Crippen LogP contribution is -2.39. The lowest BCUT2D eigenvalue weighted by Gasteiger charge is -2.16. The topological polar surface area (TPSA) is 149 Å². The Morgan fingerprint density at radius 3 is 3.04 bits per heavy atom. The lowest BCUT2D eigenvalue weighted by molar-refractivity contribution is -0.128. The van der Waals surface area contributed by atoms with Crippen LogP contribution in [0.15, 0.2) is 24.7 Å². The van der Waals surface area contributed by atoms with Crippen molar-refractivity contribution in [3.8, 4) is 6.07 Å². The van der Waals surface area contributed by atoms with E-state index in [1.165, 1.54) is 24.1 Å². The fraction of sp³-hybridized carbons (Fsp3) is 0.375. The number of aliphatic hydroxyl groups is 1. The van der Waals surface area contributed by atoms with Gasteiger partial charge in [-0.15, -0.1) is 0 Å². The van der Waals surface area contributed by atoms with Crippen molar-refractivity contribution in [2.24, 2.45) is 0 Å². The minimum atomic E-state index is -2.01. The zero-order valence-electron chi connectivity index (χ0n) is 14.6. The van der Waals surface area contributed by atoms with Gasteiger partial charge < -0.3 is 15.7 Å². The first-order valence-corrected chi connectivity index (χ1v) is 8.24. The van der Waals surface area contributed by atoms with Crippen molar-refractivity contribution >= 4 is 29.3 Å². The molecule has 0 radical (unpaired) electrons. The van der Waals surface area contributed by atoms with Crippen LogP contribution in [0.4, 0.5) is 17.5 Å². The summed E-state index contributed by atoms with van der Waals surface area (Å²) in [7, 11) is 0. The number of hydrogen-bond acceptors (Lipinski definition) is 8. The van der Waals surface area contributed by atoms with Crippen LogP contribution in [0.1, 0.15) is 13.3 Å². The van der Waals surface area contributed by atoms with E-state index < -0.39 is 11.5 Å². The monoisotopic (exact) mass is 370 g/mol. The summed E-state index contributed by atoms with van der Waals surface area (Å²) in [6, 6.07) is 3.17. The van der Waals surface area contributed by atoms with Crippen molar-refractivity contribution < 1.29 is 14.7 Å². The van der Waals surface area contributed by atoms with Gasteiger partial charge in [0.15, 0.2) is 0 Å². The van der Waals surface area contributed by atoms with Crippen molar-refractivity contribution in [2.75, 3.05) is 23.3 Å². The summed E-state index contributed by atoms with van der Waals surface area (Å²) in [6.45, 7) is 2.61. The summed E-state index contributed by atoms with van der Waals surface area (Å²) in [6.07, 6.45) is 4.81. The Morgan fingerprint density at radius 2 is 2.33 bits per heavy atom. The summed E-state index contributed by atoms with van der Waals surface area (Å²) >= 11 is 0. The van der Waals surface area contributed by atoms with Gasteiger partial charge in [-0.2, -0.15) is 15.3 Å². The molecule has 1 aliphatic rings. The number of nitriles is 1. The van der Waals surface area contributed by atoms with E-state index in [1.54, 1.807) is 23.1 Å². The number of aromatic nitrogens is 4. The number of rotatable bonds is 6. The highest BCUT2D eigenvalue weighted by molar-refractivity contribution is 6.03. The fourth-order valence-electron chi connectivity index (χ4n) is 2.61. The molecular weight excluding hydrogens is 352 g/mol. The molecule has 140 valence electrons. The van der Waals surface area contributed by atoms with E-state index in [-0.39, 0.29) is 24.8 Å². The molecule has 1 fully saturated rings. The van der Waals surface area contributed by atoms with Gasteiger partial charge >= 0.3 is 0 Å². The third-order valence-corrected chi connectivity index (χ3v) is 4.00. The van der Waals surface area contributed by atoms with E-state index in [4.69, 9.17) is 5.26 Å². The van der Waals surface area contributed by atoms with Crippen LogP contribution in [0.3, 0.4) is 0 Å². The van der Waals surface area contributed by atoms with Crippen LogP contribution in [0.5, 0.6) is 0 Å². The van der Waals surface area contributed by atoms with E-state index in [9.17, 15) is 14.7 Å². The Balaban J connectivity index is 1.67. The maximum absolute atomic E-state index is 12.2. The predicted molar refractivity (Wildman–Crippen MR) is 93.8 cm³/mol. The molecule has 0 bridgehead atoms. The van der Waals surface area contributed by atoms with E-state index in [0.29, 0.717) is 24.6 Å². The smallest absolute Gasteiger partial charge is 0.275 e. The van der Waals surface area contributed by atoms with Gasteiger partial charge in [0.05, 0.1) is 18.4 Å². The number of carbonyl (C=O) groups is 2. The molecule has 3 heterocycles. The standard InChI is InChI=1S/C16H18N8O3/c1-11(25)18-5-7-23-9-12(8-20-23)21-15-19-4-2-13(22-15)24-6-3-16(27,10-17)14(24)26/h2,4,8-9,27H,3,5-7H2,1H3,(H,18,25)(H,19,21,22)/t16-/m0/s1. The minimum Gasteiger partial charge on any atom is -0.368 e. The van der Waals surface area contributed by atoms with Gasteiger partial charge in [0.25, 0.3) is 5.91 Å². The average molecular weight is 370 g/mol. The van der Waals surface area contributed by atoms with Crippen LogP contribution in [0.2, 0.25) is 0 Å². The third-order valence-electron chi connectivity index (χ3n) is 4.00. The van der Waals surface area contributed by atoms with Crippen LogP contribution in [-0.4, -0.2) is 55.4 Å². The summed E-state index contributed by atoms with van der Waals surface area (Å²) < 4.78 is 1.65. The first kappa shape index (κ1) is 18.3. The van der Waals surface area contributed by atoms with Gasteiger partial charge in [-0.25, -0.2) is 4.98 Å². The van der Waals surface area contributed by atoms with Gasteiger partial charge in [-0.3, -0.25) is 19.2 Å². The minimum absolute atomic E-state index is 0.0240. The highest BCUT2D eigenvalue weighted by Gasteiger charge is 2.46. The Morgan fingerprint density at radius 1 is 1.52 bits per heavy atom. The normalized spacial score (nSPS) is 19.0. The van der Waals surface area contributed by atoms with Gasteiger partial charge in [0, 0.05) is 38.8 Å². The Labute approximate surface area is 154 Å². The van der Waals surface area contributed by atoms with E-state index in [1.807, 2.05) is 0 Å². The Hall–Kier alpha value is -3.52. The molecule has 1 atom stereocenters. The highest BCUT2D eigenvalue weighted by atomic mass is 16.3. The number of amides is 2.